The van der Waals surface area contributed by atoms with Crippen molar-refractivity contribution < 1.29 is 22.7 Å². The first-order chi connectivity index (χ1) is 6.87. The molecule has 1 amide bonds. The number of carbonyl (C=O) groups is 1. The molecule has 0 atom stereocenters. The first-order valence-corrected chi connectivity index (χ1v) is 4.57. The van der Waals surface area contributed by atoms with Gasteiger partial charge in [0.25, 0.3) is 0 Å². The average molecular weight is 226 g/mol. The van der Waals surface area contributed by atoms with Crippen molar-refractivity contribution in [3.63, 3.8) is 0 Å². The van der Waals surface area contributed by atoms with Gasteiger partial charge in [0.2, 0.25) is 5.91 Å². The van der Waals surface area contributed by atoms with Crippen molar-refractivity contribution in [2.45, 2.75) is 31.2 Å². The van der Waals surface area contributed by atoms with E-state index >= 15 is 0 Å². The number of nitrogens with one attached hydrogen (secondary N) is 1. The van der Waals surface area contributed by atoms with Gasteiger partial charge in [0.1, 0.15) is 13.2 Å². The molecule has 0 bridgehead atoms. The van der Waals surface area contributed by atoms with Crippen LogP contribution in [0.1, 0.15) is 12.8 Å². The lowest BCUT2D eigenvalue weighted by Gasteiger charge is -2.31. The van der Waals surface area contributed by atoms with Gasteiger partial charge < -0.3 is 15.8 Å². The third kappa shape index (κ3) is 4.98. The zero-order chi connectivity index (χ0) is 11.5. The summed E-state index contributed by atoms with van der Waals surface area (Å²) in [5.74, 6) is -0.757. The fraction of sp³-hybridized carbons (Fsp3) is 0.875. The van der Waals surface area contributed by atoms with Crippen molar-refractivity contribution in [2.75, 3.05) is 13.2 Å². The summed E-state index contributed by atoms with van der Waals surface area (Å²) in [6.45, 7) is -1.66. The van der Waals surface area contributed by atoms with Gasteiger partial charge >= 0.3 is 6.18 Å². The highest BCUT2D eigenvalue weighted by molar-refractivity contribution is 5.77. The molecule has 1 saturated carbocycles. The van der Waals surface area contributed by atoms with Gasteiger partial charge in [0, 0.05) is 6.04 Å². The van der Waals surface area contributed by atoms with E-state index < -0.39 is 18.6 Å². The molecule has 0 aromatic carbocycles. The second kappa shape index (κ2) is 4.80. The summed E-state index contributed by atoms with van der Waals surface area (Å²) < 4.78 is 40.0. The summed E-state index contributed by atoms with van der Waals surface area (Å²) in [6, 6.07) is 0.0910. The average Bonchev–Trinajstić information content (AvgIpc) is 2.06. The molecule has 88 valence electrons. The van der Waals surface area contributed by atoms with Crippen LogP contribution in [0.25, 0.3) is 0 Å². The van der Waals surface area contributed by atoms with E-state index in [1.807, 2.05) is 0 Å². The van der Waals surface area contributed by atoms with Crippen molar-refractivity contribution >= 4 is 5.91 Å². The highest BCUT2D eigenvalue weighted by atomic mass is 19.4. The summed E-state index contributed by atoms with van der Waals surface area (Å²) in [4.78, 5) is 10.8. The molecule has 1 aliphatic carbocycles. The number of amides is 1. The van der Waals surface area contributed by atoms with Crippen molar-refractivity contribution in [1.29, 1.82) is 0 Å². The number of alkyl halides is 3. The van der Waals surface area contributed by atoms with Crippen LogP contribution in [0, 0.1) is 0 Å². The number of ether oxygens (including phenoxy) is 1. The number of nitrogens with two attached hydrogens (primary N) is 1. The second-order valence-electron chi connectivity index (χ2n) is 3.56. The van der Waals surface area contributed by atoms with Gasteiger partial charge in [-0.3, -0.25) is 4.79 Å². The SMILES string of the molecule is NC1CC(OCC(=O)NCC(F)(F)F)C1. The van der Waals surface area contributed by atoms with Gasteiger partial charge in [-0.1, -0.05) is 0 Å². The molecular weight excluding hydrogens is 213 g/mol. The molecule has 0 aromatic rings. The fourth-order valence-corrected chi connectivity index (χ4v) is 1.19. The Balaban J connectivity index is 2.04. The van der Waals surface area contributed by atoms with Gasteiger partial charge in [-0.25, -0.2) is 0 Å². The van der Waals surface area contributed by atoms with Crippen LogP contribution in [0.2, 0.25) is 0 Å². The minimum atomic E-state index is -4.38. The Bertz CT molecular complexity index is 226. The lowest BCUT2D eigenvalue weighted by molar-refractivity contribution is -0.143. The van der Waals surface area contributed by atoms with Crippen LogP contribution in [-0.4, -0.2) is 37.4 Å². The van der Waals surface area contributed by atoms with Gasteiger partial charge in [-0.05, 0) is 12.8 Å². The van der Waals surface area contributed by atoms with Crippen molar-refractivity contribution in [1.82, 2.24) is 5.32 Å². The van der Waals surface area contributed by atoms with Gasteiger partial charge in [-0.15, -0.1) is 0 Å². The van der Waals surface area contributed by atoms with E-state index in [0.717, 1.165) is 0 Å². The number of halogens is 3. The molecule has 1 fully saturated rings. The zero-order valence-electron chi connectivity index (χ0n) is 8.01. The molecule has 7 heteroatoms. The lowest BCUT2D eigenvalue weighted by atomic mass is 9.90. The molecule has 1 rings (SSSR count). The van der Waals surface area contributed by atoms with Crippen LogP contribution < -0.4 is 11.1 Å². The molecule has 0 radical (unpaired) electrons. The highest BCUT2D eigenvalue weighted by Crippen LogP contribution is 2.20. The van der Waals surface area contributed by atoms with E-state index in [1.54, 1.807) is 5.32 Å². The van der Waals surface area contributed by atoms with Crippen LogP contribution in [0.4, 0.5) is 13.2 Å². The van der Waals surface area contributed by atoms with Gasteiger partial charge in [0.15, 0.2) is 0 Å². The van der Waals surface area contributed by atoms with E-state index in [2.05, 4.69) is 0 Å². The Morgan fingerprint density at radius 3 is 2.53 bits per heavy atom. The Morgan fingerprint density at radius 1 is 1.47 bits per heavy atom. The molecule has 0 spiro atoms. The molecule has 15 heavy (non-hydrogen) atoms. The molecule has 4 nitrogen and oxygen atoms in total. The Labute approximate surface area is 84.9 Å². The molecule has 0 unspecified atom stereocenters. The van der Waals surface area contributed by atoms with Gasteiger partial charge in [-0.2, -0.15) is 13.2 Å². The van der Waals surface area contributed by atoms with Crippen LogP contribution >= 0.6 is 0 Å². The van der Waals surface area contributed by atoms with E-state index in [0.29, 0.717) is 12.8 Å². The standard InChI is InChI=1S/C8H13F3N2O2/c9-8(10,11)4-13-7(14)3-15-6-1-5(12)2-6/h5-6H,1-4,12H2,(H,13,14). The Hall–Kier alpha value is -0.820. The number of carbonyl (C=O) groups excluding carboxylic acids is 1. The highest BCUT2D eigenvalue weighted by Gasteiger charge is 2.29. The monoisotopic (exact) mass is 226 g/mol. The first kappa shape index (κ1) is 12.3. The minimum absolute atomic E-state index is 0.0864. The summed E-state index contributed by atoms with van der Waals surface area (Å²) >= 11 is 0. The quantitative estimate of drug-likeness (QED) is 0.718. The molecular formula is C8H13F3N2O2. The topological polar surface area (TPSA) is 64.3 Å². The Kier molecular flexibility index (Phi) is 3.92. The van der Waals surface area contributed by atoms with Crippen molar-refractivity contribution in [2.24, 2.45) is 5.73 Å². The molecule has 1 aliphatic rings. The summed E-state index contributed by atoms with van der Waals surface area (Å²) in [5, 5.41) is 1.72. The van der Waals surface area contributed by atoms with Crippen molar-refractivity contribution in [3.8, 4) is 0 Å². The lowest BCUT2D eigenvalue weighted by Crippen LogP contribution is -2.44. The van der Waals surface area contributed by atoms with Crippen LogP contribution in [-0.2, 0) is 9.53 Å². The van der Waals surface area contributed by atoms with E-state index in [9.17, 15) is 18.0 Å². The zero-order valence-corrected chi connectivity index (χ0v) is 8.01. The molecule has 0 saturated heterocycles. The maximum absolute atomic E-state index is 11.7. The van der Waals surface area contributed by atoms with Crippen LogP contribution in [0.5, 0.6) is 0 Å². The molecule has 3 N–H and O–H groups in total. The fourth-order valence-electron chi connectivity index (χ4n) is 1.19. The number of hydrogen-bond acceptors (Lipinski definition) is 3. The minimum Gasteiger partial charge on any atom is -0.368 e. The van der Waals surface area contributed by atoms with E-state index in [4.69, 9.17) is 10.5 Å². The first-order valence-electron chi connectivity index (χ1n) is 4.57. The maximum Gasteiger partial charge on any atom is 0.405 e. The third-order valence-electron chi connectivity index (χ3n) is 2.07. The maximum atomic E-state index is 11.7. The van der Waals surface area contributed by atoms with Crippen LogP contribution in [0.15, 0.2) is 0 Å². The van der Waals surface area contributed by atoms with E-state index in [1.165, 1.54) is 0 Å². The number of rotatable bonds is 4. The molecule has 0 heterocycles. The van der Waals surface area contributed by atoms with Crippen molar-refractivity contribution in [3.05, 3.63) is 0 Å². The summed E-state index contributed by atoms with van der Waals surface area (Å²) in [6.07, 6.45) is -3.15. The summed E-state index contributed by atoms with van der Waals surface area (Å²) in [5.41, 5.74) is 5.46. The normalized spacial score (nSPS) is 25.9. The molecule has 0 aliphatic heterocycles. The number of hydrogen-bond donors (Lipinski definition) is 2. The second-order valence-corrected chi connectivity index (χ2v) is 3.56. The predicted molar refractivity (Wildman–Crippen MR) is 46.0 cm³/mol. The molecule has 0 aromatic heterocycles. The third-order valence-corrected chi connectivity index (χ3v) is 2.07. The Morgan fingerprint density at radius 2 is 2.07 bits per heavy atom. The van der Waals surface area contributed by atoms with Crippen LogP contribution in [0.3, 0.4) is 0 Å². The van der Waals surface area contributed by atoms with E-state index in [-0.39, 0.29) is 18.8 Å². The largest absolute Gasteiger partial charge is 0.405 e. The smallest absolute Gasteiger partial charge is 0.368 e. The van der Waals surface area contributed by atoms with Gasteiger partial charge in [0.05, 0.1) is 6.10 Å². The predicted octanol–water partition coefficient (Wildman–Crippen LogP) is 0.171. The summed E-state index contributed by atoms with van der Waals surface area (Å²) in [7, 11) is 0.